The molecule has 0 fully saturated rings. The molecule has 20 heavy (non-hydrogen) atoms. The van der Waals surface area contributed by atoms with Gasteiger partial charge in [0.1, 0.15) is 12.4 Å². The molecule has 0 unspecified atom stereocenters. The van der Waals surface area contributed by atoms with Crippen LogP contribution in [0.1, 0.15) is 11.1 Å². The summed E-state index contributed by atoms with van der Waals surface area (Å²) in [6.45, 7) is 2.15. The van der Waals surface area contributed by atoms with E-state index >= 15 is 0 Å². The van der Waals surface area contributed by atoms with E-state index in [-0.39, 0.29) is 17.3 Å². The van der Waals surface area contributed by atoms with E-state index in [1.165, 1.54) is 19.1 Å². The van der Waals surface area contributed by atoms with Crippen LogP contribution in [0.25, 0.3) is 0 Å². The summed E-state index contributed by atoms with van der Waals surface area (Å²) in [5.41, 5.74) is 0.868. The predicted molar refractivity (Wildman–Crippen MR) is 66.5 cm³/mol. The van der Waals surface area contributed by atoms with E-state index in [1.807, 2.05) is 0 Å². The van der Waals surface area contributed by atoms with Gasteiger partial charge in [-0.15, -0.1) is 13.2 Å². The van der Waals surface area contributed by atoms with Gasteiger partial charge in [-0.2, -0.15) is 0 Å². The maximum Gasteiger partial charge on any atom is 0.522 e. The smallest absolute Gasteiger partial charge is 0.491 e. The van der Waals surface area contributed by atoms with Gasteiger partial charge < -0.3 is 4.74 Å². The van der Waals surface area contributed by atoms with E-state index in [9.17, 15) is 21.6 Å². The minimum atomic E-state index is -4.70. The lowest BCUT2D eigenvalue weighted by molar-refractivity contribution is -0.325. The molecule has 1 aromatic carbocycles. The van der Waals surface area contributed by atoms with Crippen molar-refractivity contribution in [1.82, 2.24) is 0 Å². The highest BCUT2D eigenvalue weighted by atomic mass is 35.7. The van der Waals surface area contributed by atoms with E-state index in [0.717, 1.165) is 0 Å². The van der Waals surface area contributed by atoms with Crippen LogP contribution in [0.2, 0.25) is 0 Å². The Morgan fingerprint density at radius 1 is 1.15 bits per heavy atom. The van der Waals surface area contributed by atoms with Crippen molar-refractivity contribution in [1.29, 1.82) is 0 Å². The van der Waals surface area contributed by atoms with E-state index in [4.69, 9.17) is 15.4 Å². The molecule has 0 aromatic heterocycles. The Kier molecular flexibility index (Phi) is 5.28. The van der Waals surface area contributed by atoms with Gasteiger partial charge in [-0.05, 0) is 37.1 Å². The van der Waals surface area contributed by atoms with Gasteiger partial charge in [0.2, 0.25) is 0 Å². The van der Waals surface area contributed by atoms with Crippen molar-refractivity contribution in [2.45, 2.75) is 25.1 Å². The molecular weight excluding hydrogens is 321 g/mol. The minimum Gasteiger partial charge on any atom is -0.491 e. The highest BCUT2D eigenvalue weighted by molar-refractivity contribution is 8.13. The SMILES string of the molecule is Cc1c(OCCOC(F)(F)F)ccc(S(=O)(=O)Cl)c1C. The number of alkyl halides is 3. The second kappa shape index (κ2) is 6.19. The normalized spacial score (nSPS) is 12.5. The first-order chi connectivity index (χ1) is 9.02. The van der Waals surface area contributed by atoms with Crippen molar-refractivity contribution in [3.05, 3.63) is 23.3 Å². The summed E-state index contributed by atoms with van der Waals surface area (Å²) in [7, 11) is 1.38. The fourth-order valence-electron chi connectivity index (χ4n) is 1.50. The van der Waals surface area contributed by atoms with Crippen molar-refractivity contribution >= 4 is 19.7 Å². The van der Waals surface area contributed by atoms with Crippen molar-refractivity contribution in [2.75, 3.05) is 13.2 Å². The van der Waals surface area contributed by atoms with E-state index in [1.54, 1.807) is 6.92 Å². The largest absolute Gasteiger partial charge is 0.522 e. The van der Waals surface area contributed by atoms with Gasteiger partial charge >= 0.3 is 6.36 Å². The summed E-state index contributed by atoms with van der Waals surface area (Å²) in [6.07, 6.45) is -4.70. The number of ether oxygens (including phenoxy) is 2. The molecule has 0 aliphatic heterocycles. The first-order valence-corrected chi connectivity index (χ1v) is 7.71. The molecule has 9 heteroatoms. The molecule has 0 bridgehead atoms. The lowest BCUT2D eigenvalue weighted by Gasteiger charge is -2.13. The van der Waals surface area contributed by atoms with Gasteiger partial charge in [-0.3, -0.25) is 4.74 Å². The molecule has 0 N–H and O–H groups in total. The van der Waals surface area contributed by atoms with E-state index in [0.29, 0.717) is 11.1 Å². The third kappa shape index (κ3) is 4.84. The molecule has 0 saturated heterocycles. The average Bonchev–Trinajstić information content (AvgIpc) is 2.26. The van der Waals surface area contributed by atoms with Gasteiger partial charge in [0.25, 0.3) is 9.05 Å². The molecule has 0 aliphatic rings. The van der Waals surface area contributed by atoms with Crippen LogP contribution in [0.5, 0.6) is 5.75 Å². The molecule has 0 saturated carbocycles. The van der Waals surface area contributed by atoms with Gasteiger partial charge in [-0.1, -0.05) is 0 Å². The summed E-state index contributed by atoms with van der Waals surface area (Å²) >= 11 is 0. The van der Waals surface area contributed by atoms with Crippen LogP contribution in [0.15, 0.2) is 17.0 Å². The molecular formula is C11H12ClF3O4S. The molecule has 114 valence electrons. The maximum atomic E-state index is 11.7. The quantitative estimate of drug-likeness (QED) is 0.614. The number of halogens is 4. The fraction of sp³-hybridized carbons (Fsp3) is 0.455. The molecule has 4 nitrogen and oxygen atoms in total. The van der Waals surface area contributed by atoms with Gasteiger partial charge in [-0.25, -0.2) is 8.42 Å². The lowest BCUT2D eigenvalue weighted by atomic mass is 10.1. The average molecular weight is 333 g/mol. The highest BCUT2D eigenvalue weighted by Crippen LogP contribution is 2.29. The lowest BCUT2D eigenvalue weighted by Crippen LogP contribution is -2.18. The first kappa shape index (κ1) is 17.1. The molecule has 0 spiro atoms. The highest BCUT2D eigenvalue weighted by Gasteiger charge is 2.28. The molecule has 0 amide bonds. The standard InChI is InChI=1S/C11H12ClF3O4S/c1-7-8(2)10(20(12,16)17)4-3-9(7)18-5-6-19-11(13,14)15/h3-4H,5-6H2,1-2H3. The van der Waals surface area contributed by atoms with Crippen molar-refractivity contribution < 1.29 is 31.1 Å². The van der Waals surface area contributed by atoms with E-state index in [2.05, 4.69) is 4.74 Å². The molecule has 1 rings (SSSR count). The Bertz CT molecular complexity index is 584. The van der Waals surface area contributed by atoms with Crippen LogP contribution in [-0.4, -0.2) is 28.0 Å². The van der Waals surface area contributed by atoms with Crippen LogP contribution < -0.4 is 4.74 Å². The third-order valence-corrected chi connectivity index (χ3v) is 4.02. The second-order valence-electron chi connectivity index (χ2n) is 3.89. The number of rotatable bonds is 5. The Hall–Kier alpha value is -0.990. The first-order valence-electron chi connectivity index (χ1n) is 5.40. The maximum absolute atomic E-state index is 11.7. The predicted octanol–water partition coefficient (Wildman–Crippen LogP) is 3.15. The van der Waals surface area contributed by atoms with Gasteiger partial charge in [0.05, 0.1) is 11.5 Å². The van der Waals surface area contributed by atoms with Crippen molar-refractivity contribution in [2.24, 2.45) is 0 Å². The van der Waals surface area contributed by atoms with Crippen LogP contribution in [-0.2, 0) is 13.8 Å². The second-order valence-corrected chi connectivity index (χ2v) is 6.43. The van der Waals surface area contributed by atoms with Crippen LogP contribution in [0, 0.1) is 13.8 Å². The number of hydrogen-bond acceptors (Lipinski definition) is 4. The summed E-state index contributed by atoms with van der Waals surface area (Å²) in [5, 5.41) is 0. The van der Waals surface area contributed by atoms with Crippen LogP contribution in [0.4, 0.5) is 13.2 Å². The van der Waals surface area contributed by atoms with Crippen molar-refractivity contribution in [3.8, 4) is 5.75 Å². The summed E-state index contributed by atoms with van der Waals surface area (Å²) < 4.78 is 66.5. The Balaban J connectivity index is 2.77. The Morgan fingerprint density at radius 2 is 1.75 bits per heavy atom. The zero-order chi connectivity index (χ0) is 15.6. The van der Waals surface area contributed by atoms with E-state index < -0.39 is 22.0 Å². The zero-order valence-electron chi connectivity index (χ0n) is 10.6. The molecule has 1 aromatic rings. The molecule has 0 atom stereocenters. The number of benzene rings is 1. The Morgan fingerprint density at radius 3 is 2.25 bits per heavy atom. The summed E-state index contributed by atoms with van der Waals surface area (Å²) in [6, 6.07) is 2.58. The van der Waals surface area contributed by atoms with Crippen LogP contribution >= 0.6 is 10.7 Å². The third-order valence-electron chi connectivity index (χ3n) is 2.56. The summed E-state index contributed by atoms with van der Waals surface area (Å²) in [4.78, 5) is -0.0597. The molecule has 0 aliphatic carbocycles. The monoisotopic (exact) mass is 332 g/mol. The number of hydrogen-bond donors (Lipinski definition) is 0. The van der Waals surface area contributed by atoms with Gasteiger partial charge in [0, 0.05) is 10.7 Å². The van der Waals surface area contributed by atoms with Gasteiger partial charge in [0.15, 0.2) is 0 Å². The zero-order valence-corrected chi connectivity index (χ0v) is 12.2. The van der Waals surface area contributed by atoms with Crippen molar-refractivity contribution in [3.63, 3.8) is 0 Å². The minimum absolute atomic E-state index is 0.0597. The fourth-order valence-corrected chi connectivity index (χ4v) is 2.75. The molecule has 0 heterocycles. The Labute approximate surface area is 118 Å². The topological polar surface area (TPSA) is 52.6 Å². The van der Waals surface area contributed by atoms with Crippen LogP contribution in [0.3, 0.4) is 0 Å². The summed E-state index contributed by atoms with van der Waals surface area (Å²) in [5.74, 6) is 0.275. The molecule has 0 radical (unpaired) electrons.